The van der Waals surface area contributed by atoms with Gasteiger partial charge in [0.05, 0.1) is 6.04 Å². The summed E-state index contributed by atoms with van der Waals surface area (Å²) in [6, 6.07) is 23.9. The first kappa shape index (κ1) is 16.4. The van der Waals surface area contributed by atoms with E-state index in [0.29, 0.717) is 13.0 Å². The van der Waals surface area contributed by atoms with Crippen molar-refractivity contribution in [2.45, 2.75) is 26.0 Å². The number of ketones is 1. The first-order valence-corrected chi connectivity index (χ1v) is 8.87. The summed E-state index contributed by atoms with van der Waals surface area (Å²) in [6.07, 6.45) is 0.432. The summed E-state index contributed by atoms with van der Waals surface area (Å²) < 4.78 is 6.09. The van der Waals surface area contributed by atoms with Gasteiger partial charge in [0.25, 0.3) is 0 Å². The second-order valence-corrected chi connectivity index (χ2v) is 6.68. The molecule has 0 fully saturated rings. The number of ether oxygens (including phenoxy) is 1. The summed E-state index contributed by atoms with van der Waals surface area (Å²) >= 11 is 0. The van der Waals surface area contributed by atoms with Gasteiger partial charge in [0, 0.05) is 23.2 Å². The number of para-hydroxylation sites is 2. The fourth-order valence-corrected chi connectivity index (χ4v) is 3.32. The lowest BCUT2D eigenvalue weighted by Gasteiger charge is -2.27. The van der Waals surface area contributed by atoms with E-state index in [1.165, 1.54) is 5.56 Å². The van der Waals surface area contributed by atoms with Crippen LogP contribution in [0.2, 0.25) is 0 Å². The number of carbonyl (C=O) groups is 1. The van der Waals surface area contributed by atoms with Gasteiger partial charge in [-0.15, -0.1) is 0 Å². The Balaban J connectivity index is 1.56. The van der Waals surface area contributed by atoms with Crippen LogP contribution in [0.4, 0.5) is 5.69 Å². The molecule has 3 nitrogen and oxygen atoms in total. The van der Waals surface area contributed by atoms with Crippen molar-refractivity contribution in [2.75, 3.05) is 5.32 Å². The Bertz CT molecular complexity index is 931. The molecule has 1 unspecified atom stereocenters. The minimum Gasteiger partial charge on any atom is -0.489 e. The molecule has 3 aromatic carbocycles. The molecule has 0 spiro atoms. The van der Waals surface area contributed by atoms with Crippen molar-refractivity contribution in [1.82, 2.24) is 0 Å². The van der Waals surface area contributed by atoms with Crippen LogP contribution < -0.4 is 10.1 Å². The highest BCUT2D eigenvalue weighted by Crippen LogP contribution is 2.36. The Morgan fingerprint density at radius 1 is 0.962 bits per heavy atom. The third kappa shape index (κ3) is 3.33. The minimum absolute atomic E-state index is 0.0772. The predicted octanol–water partition coefficient (Wildman–Crippen LogP) is 5.31. The first-order chi connectivity index (χ1) is 12.7. The molecule has 1 aliphatic rings. The molecule has 0 saturated carbocycles. The highest BCUT2D eigenvalue weighted by atomic mass is 16.5. The molecular weight excluding hydrogens is 322 g/mol. The number of rotatable bonds is 4. The van der Waals surface area contributed by atoms with Crippen molar-refractivity contribution in [3.05, 3.63) is 95.1 Å². The maximum Gasteiger partial charge on any atom is 0.167 e. The second-order valence-electron chi connectivity index (χ2n) is 6.68. The van der Waals surface area contributed by atoms with Crippen LogP contribution in [0.25, 0.3) is 0 Å². The van der Waals surface area contributed by atoms with E-state index in [0.717, 1.165) is 28.1 Å². The number of carbonyl (C=O) groups excluding carboxylic acids is 1. The Kier molecular flexibility index (Phi) is 4.44. The fourth-order valence-electron chi connectivity index (χ4n) is 3.32. The molecule has 0 saturated heterocycles. The van der Waals surface area contributed by atoms with E-state index in [-0.39, 0.29) is 11.8 Å². The lowest BCUT2D eigenvalue weighted by atomic mass is 9.92. The van der Waals surface area contributed by atoms with Crippen LogP contribution in [-0.2, 0) is 6.61 Å². The van der Waals surface area contributed by atoms with Gasteiger partial charge in [-0.1, -0.05) is 60.2 Å². The summed E-state index contributed by atoms with van der Waals surface area (Å²) in [5, 5.41) is 3.49. The van der Waals surface area contributed by atoms with Crippen LogP contribution in [0.15, 0.2) is 72.8 Å². The molecular formula is C23H21NO2. The smallest absolute Gasteiger partial charge is 0.167 e. The highest BCUT2D eigenvalue weighted by molar-refractivity contribution is 6.03. The zero-order chi connectivity index (χ0) is 17.9. The van der Waals surface area contributed by atoms with Gasteiger partial charge in [0.2, 0.25) is 0 Å². The average Bonchev–Trinajstić information content (AvgIpc) is 2.68. The largest absolute Gasteiger partial charge is 0.489 e. The van der Waals surface area contributed by atoms with Gasteiger partial charge in [-0.05, 0) is 30.7 Å². The molecule has 1 heterocycles. The van der Waals surface area contributed by atoms with Crippen LogP contribution in [-0.4, -0.2) is 5.78 Å². The van der Waals surface area contributed by atoms with E-state index in [9.17, 15) is 4.79 Å². The fraction of sp³-hybridized carbons (Fsp3) is 0.174. The summed E-state index contributed by atoms with van der Waals surface area (Å²) in [4.78, 5) is 12.5. The summed E-state index contributed by atoms with van der Waals surface area (Å²) in [5.74, 6) is 0.982. The summed E-state index contributed by atoms with van der Waals surface area (Å²) in [6.45, 7) is 2.58. The van der Waals surface area contributed by atoms with E-state index in [4.69, 9.17) is 4.74 Å². The van der Waals surface area contributed by atoms with Gasteiger partial charge < -0.3 is 10.1 Å². The van der Waals surface area contributed by atoms with Crippen molar-refractivity contribution in [1.29, 1.82) is 0 Å². The molecule has 0 aliphatic carbocycles. The molecule has 130 valence electrons. The third-order valence-corrected chi connectivity index (χ3v) is 4.76. The molecule has 3 aromatic rings. The summed E-state index contributed by atoms with van der Waals surface area (Å²) in [5.41, 5.74) is 5.03. The second kappa shape index (κ2) is 7.04. The molecule has 0 bridgehead atoms. The molecule has 0 radical (unpaired) electrons. The first-order valence-electron chi connectivity index (χ1n) is 8.87. The zero-order valence-corrected chi connectivity index (χ0v) is 14.7. The number of aryl methyl sites for hydroxylation is 1. The van der Waals surface area contributed by atoms with Gasteiger partial charge in [0.15, 0.2) is 5.78 Å². The van der Waals surface area contributed by atoms with Crippen LogP contribution >= 0.6 is 0 Å². The Morgan fingerprint density at radius 3 is 2.54 bits per heavy atom. The van der Waals surface area contributed by atoms with Crippen molar-refractivity contribution in [3.63, 3.8) is 0 Å². The standard InChI is InChI=1S/C23H21NO2/c1-16-10-12-17(13-11-16)15-26-23-9-5-3-7-19(23)21-14-22(25)18-6-2-4-8-20(18)24-21/h2-13,21,24H,14-15H2,1H3. The van der Waals surface area contributed by atoms with Gasteiger partial charge in [0.1, 0.15) is 12.4 Å². The van der Waals surface area contributed by atoms with Crippen LogP contribution in [0.3, 0.4) is 0 Å². The van der Waals surface area contributed by atoms with Gasteiger partial charge in [-0.2, -0.15) is 0 Å². The van der Waals surface area contributed by atoms with Crippen LogP contribution in [0, 0.1) is 6.92 Å². The van der Waals surface area contributed by atoms with Gasteiger partial charge in [-0.25, -0.2) is 0 Å². The van der Waals surface area contributed by atoms with E-state index in [2.05, 4.69) is 36.5 Å². The molecule has 0 amide bonds. The molecule has 1 atom stereocenters. The average molecular weight is 343 g/mol. The molecule has 26 heavy (non-hydrogen) atoms. The third-order valence-electron chi connectivity index (χ3n) is 4.76. The number of fused-ring (bicyclic) bond motifs is 1. The molecule has 4 rings (SSSR count). The molecule has 0 aromatic heterocycles. The van der Waals surface area contributed by atoms with Crippen molar-refractivity contribution in [2.24, 2.45) is 0 Å². The van der Waals surface area contributed by atoms with E-state index in [1.54, 1.807) is 0 Å². The highest BCUT2D eigenvalue weighted by Gasteiger charge is 2.27. The molecule has 3 heteroatoms. The van der Waals surface area contributed by atoms with Crippen molar-refractivity contribution < 1.29 is 9.53 Å². The quantitative estimate of drug-likeness (QED) is 0.697. The number of benzene rings is 3. The van der Waals surface area contributed by atoms with Gasteiger partial charge in [-0.3, -0.25) is 4.79 Å². The Labute approximate surface area is 153 Å². The number of nitrogens with one attached hydrogen (secondary N) is 1. The van der Waals surface area contributed by atoms with E-state index < -0.39 is 0 Å². The maximum atomic E-state index is 12.5. The molecule has 1 aliphatic heterocycles. The van der Waals surface area contributed by atoms with Crippen molar-refractivity contribution >= 4 is 11.5 Å². The monoisotopic (exact) mass is 343 g/mol. The number of hydrogen-bond acceptors (Lipinski definition) is 3. The van der Waals surface area contributed by atoms with E-state index in [1.807, 2.05) is 48.5 Å². The predicted molar refractivity (Wildman–Crippen MR) is 104 cm³/mol. The number of hydrogen-bond donors (Lipinski definition) is 1. The van der Waals surface area contributed by atoms with E-state index >= 15 is 0 Å². The van der Waals surface area contributed by atoms with Crippen molar-refractivity contribution in [3.8, 4) is 5.75 Å². The summed E-state index contributed by atoms with van der Waals surface area (Å²) in [7, 11) is 0. The zero-order valence-electron chi connectivity index (χ0n) is 14.7. The molecule has 1 N–H and O–H groups in total. The maximum absolute atomic E-state index is 12.5. The van der Waals surface area contributed by atoms with Crippen LogP contribution in [0.5, 0.6) is 5.75 Å². The normalized spacial score (nSPS) is 15.9. The SMILES string of the molecule is Cc1ccc(COc2ccccc2C2CC(=O)c3ccccc3N2)cc1. The Hall–Kier alpha value is -3.07. The lowest BCUT2D eigenvalue weighted by molar-refractivity contribution is 0.0972. The van der Waals surface area contributed by atoms with Crippen LogP contribution in [0.1, 0.15) is 39.5 Å². The lowest BCUT2D eigenvalue weighted by Crippen LogP contribution is -2.23. The number of anilines is 1. The van der Waals surface area contributed by atoms with Gasteiger partial charge >= 0.3 is 0 Å². The number of Topliss-reactive ketones (excluding diaryl/α,β-unsaturated/α-hetero) is 1. The topological polar surface area (TPSA) is 38.3 Å². The Morgan fingerprint density at radius 2 is 1.69 bits per heavy atom. The minimum atomic E-state index is -0.0772.